The summed E-state index contributed by atoms with van der Waals surface area (Å²) in [6, 6.07) is 0. The Morgan fingerprint density at radius 2 is 1.75 bits per heavy atom. The molecule has 2 unspecified atom stereocenters. The molecule has 4 heteroatoms. The molecule has 1 N–H and O–H groups in total. The van der Waals surface area contributed by atoms with Gasteiger partial charge in [-0.15, -0.1) is 0 Å². The van der Waals surface area contributed by atoms with E-state index in [1.165, 1.54) is 56.9 Å². The molecule has 4 nitrogen and oxygen atoms in total. The van der Waals surface area contributed by atoms with Gasteiger partial charge in [0, 0.05) is 6.42 Å². The minimum atomic E-state index is -0.863. The maximum absolute atomic E-state index is 13.5. The van der Waals surface area contributed by atoms with Crippen LogP contribution in [0.25, 0.3) is 0 Å². The van der Waals surface area contributed by atoms with Crippen molar-refractivity contribution in [3.05, 3.63) is 11.6 Å². The van der Waals surface area contributed by atoms with Gasteiger partial charge in [0.2, 0.25) is 5.54 Å². The number of aliphatic carboxylic acids is 1. The Balaban J connectivity index is 1.70. The van der Waals surface area contributed by atoms with Crippen molar-refractivity contribution in [2.24, 2.45) is 46.3 Å². The van der Waals surface area contributed by atoms with Crippen molar-refractivity contribution in [3.63, 3.8) is 0 Å². The van der Waals surface area contributed by atoms with E-state index in [1.54, 1.807) is 0 Å². The van der Waals surface area contributed by atoms with Gasteiger partial charge in [-0.25, -0.2) is 4.79 Å². The molecule has 4 aliphatic carbocycles. The zero-order valence-electron chi connectivity index (χ0n) is 28.3. The number of hydrogen-bond donors (Lipinski definition) is 1. The minimum absolute atomic E-state index is 0.0821. The summed E-state index contributed by atoms with van der Waals surface area (Å²) in [5.41, 5.74) is 0.780. The van der Waals surface area contributed by atoms with E-state index in [0.29, 0.717) is 22.2 Å². The normalized spacial score (nSPS) is 42.3. The zero-order valence-corrected chi connectivity index (χ0v) is 28.3. The van der Waals surface area contributed by atoms with E-state index in [-0.39, 0.29) is 11.0 Å². The number of allylic oxidation sites excluding steroid dienone is 1. The van der Waals surface area contributed by atoms with Gasteiger partial charge in [-0.1, -0.05) is 78.9 Å². The Morgan fingerprint density at radius 3 is 2.30 bits per heavy atom. The van der Waals surface area contributed by atoms with E-state index in [2.05, 4.69) is 87.8 Å². The summed E-state index contributed by atoms with van der Waals surface area (Å²) >= 11 is 0. The van der Waals surface area contributed by atoms with Gasteiger partial charge in [0.15, 0.2) is 0 Å². The molecule has 0 spiro atoms. The fourth-order valence-electron chi connectivity index (χ4n) is 11.8. The van der Waals surface area contributed by atoms with Crippen LogP contribution in [0.4, 0.5) is 0 Å². The van der Waals surface area contributed by atoms with Crippen molar-refractivity contribution in [1.82, 2.24) is 4.90 Å². The van der Waals surface area contributed by atoms with E-state index in [9.17, 15) is 9.90 Å². The third-order valence-electron chi connectivity index (χ3n) is 13.7. The molecule has 0 aliphatic heterocycles. The van der Waals surface area contributed by atoms with E-state index in [4.69, 9.17) is 0 Å². The quantitative estimate of drug-likeness (QED) is 0.217. The average Bonchev–Trinajstić information content (AvgIpc) is 3.19. The van der Waals surface area contributed by atoms with Gasteiger partial charge in [-0.05, 0) is 105 Å². The van der Waals surface area contributed by atoms with Crippen LogP contribution in [0.3, 0.4) is 0 Å². The second kappa shape index (κ2) is 11.0. The highest BCUT2D eigenvalue weighted by molar-refractivity contribution is 5.81. The van der Waals surface area contributed by atoms with Crippen LogP contribution < -0.4 is 0 Å². The van der Waals surface area contributed by atoms with Crippen molar-refractivity contribution >= 4 is 5.97 Å². The SMILES string of the molecule is CCCC1(N(C)C)C[C@@]2(C)C(=CC[C@H]3[C@@H]4CC[C@H]([C@H](C)CCCC(C)C)[C@@]4(C)CC[C@@H]32)CC1(C(=O)O)[N+](C)(C)C. The summed E-state index contributed by atoms with van der Waals surface area (Å²) in [6.45, 7) is 14.8. The molecular weight excluding hydrogens is 492 g/mol. The summed E-state index contributed by atoms with van der Waals surface area (Å²) < 4.78 is 0.457. The lowest BCUT2D eigenvalue weighted by Gasteiger charge is -2.67. The number of nitrogens with zero attached hydrogens (tertiary/aromatic N) is 2. The van der Waals surface area contributed by atoms with E-state index in [0.717, 1.165) is 48.9 Å². The first-order chi connectivity index (χ1) is 18.5. The summed E-state index contributed by atoms with van der Waals surface area (Å²) in [6.07, 6.45) is 17.0. The molecule has 0 aromatic heterocycles. The lowest BCUT2D eigenvalue weighted by molar-refractivity contribution is -0.921. The van der Waals surface area contributed by atoms with Gasteiger partial charge >= 0.3 is 5.97 Å². The first-order valence-corrected chi connectivity index (χ1v) is 16.9. The van der Waals surface area contributed by atoms with Crippen molar-refractivity contribution < 1.29 is 14.4 Å². The first-order valence-electron chi connectivity index (χ1n) is 16.9. The van der Waals surface area contributed by atoms with Crippen molar-refractivity contribution in [3.8, 4) is 0 Å². The van der Waals surface area contributed by atoms with Gasteiger partial charge in [-0.2, -0.15) is 0 Å². The smallest absolute Gasteiger partial charge is 0.368 e. The van der Waals surface area contributed by atoms with Crippen LogP contribution in [0.15, 0.2) is 11.6 Å². The Labute approximate surface area is 247 Å². The molecule has 0 aromatic rings. The molecule has 3 saturated carbocycles. The molecule has 0 saturated heterocycles. The third-order valence-corrected chi connectivity index (χ3v) is 13.7. The molecule has 0 aromatic carbocycles. The first kappa shape index (κ1) is 32.1. The number of carboxylic acids is 1. The fourth-order valence-corrected chi connectivity index (χ4v) is 11.8. The van der Waals surface area contributed by atoms with Gasteiger partial charge < -0.3 is 9.59 Å². The van der Waals surface area contributed by atoms with Crippen LogP contribution in [-0.4, -0.2) is 66.8 Å². The van der Waals surface area contributed by atoms with Crippen LogP contribution in [-0.2, 0) is 4.79 Å². The summed E-state index contributed by atoms with van der Waals surface area (Å²) in [5, 5.41) is 11.1. The molecule has 40 heavy (non-hydrogen) atoms. The van der Waals surface area contributed by atoms with Crippen LogP contribution in [0.1, 0.15) is 119 Å². The molecule has 4 rings (SSSR count). The molecule has 4 aliphatic rings. The molecular formula is C36H65N2O2+. The maximum Gasteiger partial charge on any atom is 0.368 e. The number of quaternary nitrogens is 1. The molecule has 0 amide bonds. The number of rotatable bonds is 10. The van der Waals surface area contributed by atoms with Crippen LogP contribution in [0, 0.1) is 46.3 Å². The predicted molar refractivity (Wildman–Crippen MR) is 168 cm³/mol. The standard InChI is InChI=1S/C36H64N2O2/c1-12-21-35(37(7)8)24-34(6)27(23-36(35,32(39)40)38(9,10)11)16-17-28-30-19-18-29(26(4)15-13-14-25(2)3)33(30,5)22-20-31(28)34/h16,25-26,28-31H,12-15,17-24H2,1-11H3/p+1/t26-,28+,29-,30+,31+,33-,34+,35?,36?/m1/s1. The zero-order chi connectivity index (χ0) is 29.9. The molecule has 9 atom stereocenters. The fraction of sp³-hybridized carbons (Fsp3) is 0.917. The van der Waals surface area contributed by atoms with Crippen LogP contribution >= 0.6 is 0 Å². The highest BCUT2D eigenvalue weighted by Crippen LogP contribution is 2.70. The topological polar surface area (TPSA) is 40.5 Å². The number of carbonyl (C=O) groups is 1. The summed E-state index contributed by atoms with van der Waals surface area (Å²) in [7, 11) is 10.7. The van der Waals surface area contributed by atoms with Gasteiger partial charge in [0.25, 0.3) is 0 Å². The highest BCUT2D eigenvalue weighted by atomic mass is 16.4. The Kier molecular flexibility index (Phi) is 8.81. The number of likely N-dealkylation sites (N-methyl/N-ethyl adjacent to an activating group) is 2. The average molecular weight is 558 g/mol. The second-order valence-corrected chi connectivity index (χ2v) is 17.0. The second-order valence-electron chi connectivity index (χ2n) is 17.0. The molecule has 0 heterocycles. The predicted octanol–water partition coefficient (Wildman–Crippen LogP) is 8.27. The van der Waals surface area contributed by atoms with Gasteiger partial charge in [0.05, 0.1) is 26.7 Å². The molecule has 230 valence electrons. The summed E-state index contributed by atoms with van der Waals surface area (Å²) in [5.74, 6) is 4.15. The highest BCUT2D eigenvalue weighted by Gasteiger charge is 2.73. The van der Waals surface area contributed by atoms with E-state index < -0.39 is 11.5 Å². The molecule has 3 fully saturated rings. The number of carboxylic acid groups (broad SMARTS) is 1. The Bertz CT molecular complexity index is 964. The lowest BCUT2D eigenvalue weighted by atomic mass is 9.43. The van der Waals surface area contributed by atoms with Crippen molar-refractivity contribution in [2.75, 3.05) is 35.2 Å². The molecule has 0 bridgehead atoms. The monoisotopic (exact) mass is 558 g/mol. The van der Waals surface area contributed by atoms with Crippen molar-refractivity contribution in [2.45, 2.75) is 130 Å². The largest absolute Gasteiger partial charge is 0.477 e. The van der Waals surface area contributed by atoms with Crippen LogP contribution in [0.5, 0.6) is 0 Å². The Hall–Kier alpha value is -0.870. The van der Waals surface area contributed by atoms with Gasteiger partial charge in [-0.3, -0.25) is 4.90 Å². The molecule has 0 radical (unpaired) electrons. The Morgan fingerprint density at radius 1 is 1.07 bits per heavy atom. The van der Waals surface area contributed by atoms with Crippen molar-refractivity contribution in [1.29, 1.82) is 0 Å². The van der Waals surface area contributed by atoms with E-state index >= 15 is 0 Å². The number of hydrogen-bond acceptors (Lipinski definition) is 2. The van der Waals surface area contributed by atoms with E-state index in [1.807, 2.05) is 0 Å². The van der Waals surface area contributed by atoms with Crippen LogP contribution in [0.2, 0.25) is 0 Å². The minimum Gasteiger partial charge on any atom is -0.477 e. The third kappa shape index (κ3) is 4.65. The number of fused-ring (bicyclic) bond motifs is 5. The van der Waals surface area contributed by atoms with Gasteiger partial charge in [0.1, 0.15) is 0 Å². The summed E-state index contributed by atoms with van der Waals surface area (Å²) in [4.78, 5) is 15.9. The maximum atomic E-state index is 13.5. The lowest BCUT2D eigenvalue weighted by Crippen LogP contribution is -2.80.